The number of Topliss-reactive ketones (excluding diaryl/α,β-unsaturated/α-hetero) is 1. The number of hydrogen-bond donors (Lipinski definition) is 0. The van der Waals surface area contributed by atoms with Crippen LogP contribution in [0.5, 0.6) is 0 Å². The van der Waals surface area contributed by atoms with Crippen LogP contribution in [0, 0.1) is 11.6 Å². The van der Waals surface area contributed by atoms with Gasteiger partial charge in [0, 0.05) is 12.8 Å². The van der Waals surface area contributed by atoms with Crippen LogP contribution in [0.1, 0.15) is 29.6 Å². The van der Waals surface area contributed by atoms with E-state index in [-0.39, 0.29) is 17.0 Å². The third kappa shape index (κ3) is 3.72. The average Bonchev–Trinajstić information content (AvgIpc) is 2.41. The van der Waals surface area contributed by atoms with E-state index in [4.69, 9.17) is 21.1 Å². The summed E-state index contributed by atoms with van der Waals surface area (Å²) in [7, 11) is 0. The molecule has 1 aliphatic rings. The molecule has 1 aliphatic heterocycles. The molecule has 19 heavy (non-hydrogen) atoms. The third-order valence-corrected chi connectivity index (χ3v) is 3.10. The normalized spacial score (nSPS) is 16.6. The van der Waals surface area contributed by atoms with Crippen LogP contribution in [0.3, 0.4) is 0 Å². The molecule has 1 aromatic rings. The summed E-state index contributed by atoms with van der Waals surface area (Å²) < 4.78 is 37.3. The van der Waals surface area contributed by atoms with Crippen LogP contribution in [0.2, 0.25) is 5.02 Å². The quantitative estimate of drug-likeness (QED) is 0.630. The number of ether oxygens (including phenoxy) is 2. The van der Waals surface area contributed by atoms with Crippen molar-refractivity contribution in [2.45, 2.75) is 25.6 Å². The minimum absolute atomic E-state index is 0.0304. The molecule has 0 aromatic heterocycles. The Hall–Kier alpha value is -1.04. The lowest BCUT2D eigenvalue weighted by Gasteiger charge is -2.22. The highest BCUT2D eigenvalue weighted by atomic mass is 35.5. The lowest BCUT2D eigenvalue weighted by atomic mass is 10.1. The first-order valence-corrected chi connectivity index (χ1v) is 6.36. The summed E-state index contributed by atoms with van der Waals surface area (Å²) in [6.07, 6.45) is 0.727. The van der Waals surface area contributed by atoms with Gasteiger partial charge in [-0.1, -0.05) is 11.6 Å². The van der Waals surface area contributed by atoms with E-state index in [9.17, 15) is 13.6 Å². The molecule has 1 aromatic carbocycles. The van der Waals surface area contributed by atoms with E-state index < -0.39 is 23.7 Å². The Morgan fingerprint density at radius 1 is 1.26 bits per heavy atom. The SMILES string of the molecule is O=C(CCC1OCCCO1)c1cc(F)c(Cl)cc1F. The molecule has 3 nitrogen and oxygen atoms in total. The first-order chi connectivity index (χ1) is 9.08. The fourth-order valence-electron chi connectivity index (χ4n) is 1.82. The zero-order chi connectivity index (χ0) is 13.8. The van der Waals surface area contributed by atoms with Crippen LogP contribution in [0.15, 0.2) is 12.1 Å². The van der Waals surface area contributed by atoms with Crippen molar-refractivity contribution in [2.75, 3.05) is 13.2 Å². The van der Waals surface area contributed by atoms with Crippen molar-refractivity contribution in [3.05, 3.63) is 34.4 Å². The van der Waals surface area contributed by atoms with Gasteiger partial charge < -0.3 is 9.47 Å². The van der Waals surface area contributed by atoms with Gasteiger partial charge in [0.1, 0.15) is 11.6 Å². The van der Waals surface area contributed by atoms with Gasteiger partial charge in [0.15, 0.2) is 12.1 Å². The standard InChI is InChI=1S/C13H13ClF2O3/c14-9-7-10(15)8(6-11(9)16)12(17)2-3-13-18-4-1-5-19-13/h6-7,13H,1-5H2. The van der Waals surface area contributed by atoms with E-state index >= 15 is 0 Å². The summed E-state index contributed by atoms with van der Waals surface area (Å²) in [5.74, 6) is -2.12. The molecule has 0 unspecified atom stereocenters. The molecule has 6 heteroatoms. The molecule has 104 valence electrons. The van der Waals surface area contributed by atoms with Crippen molar-refractivity contribution in [1.29, 1.82) is 0 Å². The Morgan fingerprint density at radius 2 is 1.95 bits per heavy atom. The highest BCUT2D eigenvalue weighted by Crippen LogP contribution is 2.21. The topological polar surface area (TPSA) is 35.5 Å². The molecule has 1 saturated heterocycles. The first kappa shape index (κ1) is 14.4. The van der Waals surface area contributed by atoms with Gasteiger partial charge in [0.25, 0.3) is 0 Å². The van der Waals surface area contributed by atoms with Gasteiger partial charge in [-0.3, -0.25) is 4.79 Å². The van der Waals surface area contributed by atoms with E-state index in [1.807, 2.05) is 0 Å². The zero-order valence-electron chi connectivity index (χ0n) is 10.1. The number of benzene rings is 1. The fraction of sp³-hybridized carbons (Fsp3) is 0.462. The number of carbonyl (C=O) groups excluding carboxylic acids is 1. The van der Waals surface area contributed by atoms with E-state index in [0.29, 0.717) is 19.6 Å². The smallest absolute Gasteiger partial charge is 0.166 e. The van der Waals surface area contributed by atoms with Gasteiger partial charge in [-0.2, -0.15) is 0 Å². The molecule has 0 saturated carbocycles. The van der Waals surface area contributed by atoms with E-state index in [1.165, 1.54) is 0 Å². The number of rotatable bonds is 4. The summed E-state index contributed by atoms with van der Waals surface area (Å²) in [6.45, 7) is 1.17. The minimum atomic E-state index is -0.818. The maximum atomic E-state index is 13.5. The van der Waals surface area contributed by atoms with Crippen molar-refractivity contribution in [3.8, 4) is 0 Å². The molecule has 1 heterocycles. The second-order valence-corrected chi connectivity index (χ2v) is 4.64. The number of carbonyl (C=O) groups is 1. The van der Waals surface area contributed by atoms with Gasteiger partial charge in [-0.25, -0.2) is 8.78 Å². The van der Waals surface area contributed by atoms with Crippen LogP contribution >= 0.6 is 11.6 Å². The number of hydrogen-bond acceptors (Lipinski definition) is 3. The third-order valence-electron chi connectivity index (χ3n) is 2.81. The summed E-state index contributed by atoms with van der Waals surface area (Å²) >= 11 is 5.42. The largest absolute Gasteiger partial charge is 0.353 e. The Bertz CT molecular complexity index is 473. The molecule has 2 rings (SSSR count). The summed E-state index contributed by atoms with van der Waals surface area (Å²) in [6, 6.07) is 1.63. The summed E-state index contributed by atoms with van der Waals surface area (Å²) in [4.78, 5) is 11.8. The number of halogens is 3. The lowest BCUT2D eigenvalue weighted by Crippen LogP contribution is -2.25. The Kier molecular flexibility index (Phi) is 4.85. The monoisotopic (exact) mass is 290 g/mol. The highest BCUT2D eigenvalue weighted by molar-refractivity contribution is 6.30. The molecule has 0 atom stereocenters. The Morgan fingerprint density at radius 3 is 2.63 bits per heavy atom. The summed E-state index contributed by atoms with van der Waals surface area (Å²) in [5, 5.41) is -0.340. The van der Waals surface area contributed by atoms with Gasteiger partial charge in [0.2, 0.25) is 0 Å². The van der Waals surface area contributed by atoms with Crippen LogP contribution in [-0.4, -0.2) is 25.3 Å². The Balaban J connectivity index is 1.97. The molecule has 0 radical (unpaired) electrons. The predicted octanol–water partition coefficient (Wildman–Crippen LogP) is 3.34. The van der Waals surface area contributed by atoms with Crippen molar-refractivity contribution in [2.24, 2.45) is 0 Å². The van der Waals surface area contributed by atoms with Crippen LogP contribution in [-0.2, 0) is 9.47 Å². The van der Waals surface area contributed by atoms with E-state index in [1.54, 1.807) is 0 Å². The summed E-state index contributed by atoms with van der Waals surface area (Å²) in [5.41, 5.74) is -0.294. The molecule has 0 aliphatic carbocycles. The van der Waals surface area contributed by atoms with Crippen LogP contribution < -0.4 is 0 Å². The second kappa shape index (κ2) is 6.41. The molecule has 0 N–H and O–H groups in total. The van der Waals surface area contributed by atoms with Gasteiger partial charge in [-0.15, -0.1) is 0 Å². The average molecular weight is 291 g/mol. The molecule has 0 amide bonds. The minimum Gasteiger partial charge on any atom is -0.353 e. The van der Waals surface area contributed by atoms with E-state index in [2.05, 4.69) is 0 Å². The van der Waals surface area contributed by atoms with Crippen molar-refractivity contribution in [3.63, 3.8) is 0 Å². The lowest BCUT2D eigenvalue weighted by molar-refractivity contribution is -0.180. The van der Waals surface area contributed by atoms with Crippen molar-refractivity contribution in [1.82, 2.24) is 0 Å². The molecular weight excluding hydrogens is 278 g/mol. The van der Waals surface area contributed by atoms with E-state index in [0.717, 1.165) is 18.6 Å². The van der Waals surface area contributed by atoms with Gasteiger partial charge in [-0.05, 0) is 18.6 Å². The van der Waals surface area contributed by atoms with Gasteiger partial charge in [0.05, 0.1) is 23.8 Å². The fourth-order valence-corrected chi connectivity index (χ4v) is 1.97. The highest BCUT2D eigenvalue weighted by Gasteiger charge is 2.19. The first-order valence-electron chi connectivity index (χ1n) is 5.99. The number of ketones is 1. The molecule has 0 spiro atoms. The molecule has 0 bridgehead atoms. The second-order valence-electron chi connectivity index (χ2n) is 4.23. The van der Waals surface area contributed by atoms with Crippen molar-refractivity contribution >= 4 is 17.4 Å². The van der Waals surface area contributed by atoms with Crippen LogP contribution in [0.25, 0.3) is 0 Å². The predicted molar refractivity (Wildman–Crippen MR) is 65.2 cm³/mol. The molecule has 1 fully saturated rings. The molecular formula is C13H13ClF2O3. The maximum Gasteiger partial charge on any atom is 0.166 e. The van der Waals surface area contributed by atoms with Crippen LogP contribution in [0.4, 0.5) is 8.78 Å². The van der Waals surface area contributed by atoms with Gasteiger partial charge >= 0.3 is 0 Å². The Labute approximate surface area is 114 Å². The zero-order valence-corrected chi connectivity index (χ0v) is 10.9. The maximum absolute atomic E-state index is 13.5. The van der Waals surface area contributed by atoms with Crippen molar-refractivity contribution < 1.29 is 23.0 Å².